The Kier molecular flexibility index (Phi) is 4.34. The van der Waals surface area contributed by atoms with Crippen molar-refractivity contribution >= 4 is 15.7 Å². The van der Waals surface area contributed by atoms with Crippen molar-refractivity contribution in [3.8, 4) is 0 Å². The maximum absolute atomic E-state index is 12.5. The fourth-order valence-electron chi connectivity index (χ4n) is 2.20. The zero-order valence-corrected chi connectivity index (χ0v) is 14.6. The Hall–Kier alpha value is -1.81. The summed E-state index contributed by atoms with van der Waals surface area (Å²) in [5.41, 5.74) is 3.74. The van der Waals surface area contributed by atoms with Crippen LogP contribution < -0.4 is 4.72 Å². The fraction of sp³-hybridized carbons (Fsp3) is 0.333. The Morgan fingerprint density at radius 1 is 0.909 bits per heavy atom. The highest BCUT2D eigenvalue weighted by Crippen LogP contribution is 2.25. The molecule has 0 heterocycles. The van der Waals surface area contributed by atoms with Crippen LogP contribution in [0.2, 0.25) is 0 Å². The topological polar surface area (TPSA) is 46.2 Å². The molecule has 0 bridgehead atoms. The molecule has 0 amide bonds. The highest BCUT2D eigenvalue weighted by molar-refractivity contribution is 7.92. The molecule has 0 saturated heterocycles. The van der Waals surface area contributed by atoms with Gasteiger partial charge in [0.25, 0.3) is 10.0 Å². The predicted molar refractivity (Wildman–Crippen MR) is 91.9 cm³/mol. The molecule has 0 saturated carbocycles. The van der Waals surface area contributed by atoms with E-state index in [1.54, 1.807) is 18.2 Å². The van der Waals surface area contributed by atoms with Crippen molar-refractivity contribution in [2.45, 2.75) is 44.9 Å². The van der Waals surface area contributed by atoms with Gasteiger partial charge >= 0.3 is 0 Å². The minimum atomic E-state index is -3.56. The number of sulfonamides is 1. The summed E-state index contributed by atoms with van der Waals surface area (Å²) in [6.07, 6.45) is 0. The monoisotopic (exact) mass is 317 g/mol. The summed E-state index contributed by atoms with van der Waals surface area (Å²) < 4.78 is 27.7. The molecule has 2 aromatic carbocycles. The van der Waals surface area contributed by atoms with Crippen LogP contribution in [0.25, 0.3) is 0 Å². The largest absolute Gasteiger partial charge is 0.279 e. The predicted octanol–water partition coefficient (Wildman–Crippen LogP) is 4.40. The van der Waals surface area contributed by atoms with Gasteiger partial charge in [0.15, 0.2) is 0 Å². The minimum Gasteiger partial charge on any atom is -0.279 e. The molecule has 0 aliphatic rings. The Balaban J connectivity index is 2.33. The zero-order valence-electron chi connectivity index (χ0n) is 13.8. The van der Waals surface area contributed by atoms with Gasteiger partial charge in [0.05, 0.1) is 10.6 Å². The Labute approximate surface area is 133 Å². The first-order chi connectivity index (χ1) is 10.1. The number of nitrogens with one attached hydrogen (secondary N) is 1. The molecule has 22 heavy (non-hydrogen) atoms. The quantitative estimate of drug-likeness (QED) is 0.912. The third-order valence-corrected chi connectivity index (χ3v) is 5.26. The second-order valence-corrected chi connectivity index (χ2v) is 8.31. The molecular formula is C18H23NO2S. The van der Waals surface area contributed by atoms with Gasteiger partial charge in [-0.05, 0) is 54.2 Å². The van der Waals surface area contributed by atoms with E-state index < -0.39 is 10.0 Å². The van der Waals surface area contributed by atoms with Crippen LogP contribution in [0.1, 0.15) is 37.5 Å². The molecule has 0 aliphatic heterocycles. The number of hydrogen-bond donors (Lipinski definition) is 1. The second kappa shape index (κ2) is 5.76. The Morgan fingerprint density at radius 3 is 2.05 bits per heavy atom. The van der Waals surface area contributed by atoms with E-state index in [1.807, 2.05) is 38.1 Å². The summed E-state index contributed by atoms with van der Waals surface area (Å²) >= 11 is 0. The number of hydrogen-bond acceptors (Lipinski definition) is 2. The second-order valence-electron chi connectivity index (χ2n) is 6.63. The van der Waals surface area contributed by atoms with Gasteiger partial charge in [-0.1, -0.05) is 45.0 Å². The summed E-state index contributed by atoms with van der Waals surface area (Å²) in [6, 6.07) is 12.7. The molecule has 0 radical (unpaired) electrons. The van der Waals surface area contributed by atoms with Gasteiger partial charge in [-0.3, -0.25) is 4.72 Å². The summed E-state index contributed by atoms with van der Waals surface area (Å²) in [4.78, 5) is 0.279. The minimum absolute atomic E-state index is 0.00283. The molecule has 1 N–H and O–H groups in total. The first kappa shape index (κ1) is 16.6. The van der Waals surface area contributed by atoms with Crippen molar-refractivity contribution in [3.05, 3.63) is 59.2 Å². The maximum atomic E-state index is 12.5. The third kappa shape index (κ3) is 3.50. The van der Waals surface area contributed by atoms with E-state index in [9.17, 15) is 8.42 Å². The SMILES string of the molecule is Cc1cccc(NS(=O)(=O)c2ccc(C(C)(C)C)cc2)c1C. The van der Waals surface area contributed by atoms with E-state index in [2.05, 4.69) is 25.5 Å². The van der Waals surface area contributed by atoms with Gasteiger partial charge in [-0.15, -0.1) is 0 Å². The number of benzene rings is 2. The molecule has 4 heteroatoms. The number of rotatable bonds is 3. The molecule has 118 valence electrons. The first-order valence-electron chi connectivity index (χ1n) is 7.31. The molecule has 2 rings (SSSR count). The van der Waals surface area contributed by atoms with Crippen molar-refractivity contribution in [2.24, 2.45) is 0 Å². The molecule has 0 atom stereocenters. The summed E-state index contributed by atoms with van der Waals surface area (Å²) in [5.74, 6) is 0. The standard InChI is InChI=1S/C18H23NO2S/c1-13-7-6-8-17(14(13)2)19-22(20,21)16-11-9-15(10-12-16)18(3,4)5/h6-12,19H,1-5H3. The van der Waals surface area contributed by atoms with Crippen molar-refractivity contribution in [2.75, 3.05) is 4.72 Å². The zero-order chi connectivity index (χ0) is 16.5. The molecule has 0 aliphatic carbocycles. The smallest absolute Gasteiger partial charge is 0.261 e. The summed E-state index contributed by atoms with van der Waals surface area (Å²) in [7, 11) is -3.56. The Morgan fingerprint density at radius 2 is 1.50 bits per heavy atom. The van der Waals surface area contributed by atoms with Crippen LogP contribution in [0, 0.1) is 13.8 Å². The van der Waals surface area contributed by atoms with Crippen LogP contribution >= 0.6 is 0 Å². The molecule has 0 unspecified atom stereocenters. The average Bonchev–Trinajstić information content (AvgIpc) is 2.43. The maximum Gasteiger partial charge on any atom is 0.261 e. The highest BCUT2D eigenvalue weighted by Gasteiger charge is 2.18. The van der Waals surface area contributed by atoms with Gasteiger partial charge < -0.3 is 0 Å². The summed E-state index contributed by atoms with van der Waals surface area (Å²) in [6.45, 7) is 10.2. The van der Waals surface area contributed by atoms with Crippen molar-refractivity contribution in [1.29, 1.82) is 0 Å². The van der Waals surface area contributed by atoms with Gasteiger partial charge in [-0.2, -0.15) is 0 Å². The average molecular weight is 317 g/mol. The van der Waals surface area contributed by atoms with E-state index in [0.29, 0.717) is 5.69 Å². The normalized spacial score (nSPS) is 12.2. The molecule has 2 aromatic rings. The third-order valence-electron chi connectivity index (χ3n) is 3.88. The number of aryl methyl sites for hydroxylation is 1. The summed E-state index contributed by atoms with van der Waals surface area (Å²) in [5, 5.41) is 0. The van der Waals surface area contributed by atoms with Gasteiger partial charge in [0.2, 0.25) is 0 Å². The van der Waals surface area contributed by atoms with Crippen LogP contribution in [0.15, 0.2) is 47.4 Å². The van der Waals surface area contributed by atoms with Crippen LogP contribution in [-0.4, -0.2) is 8.42 Å². The number of anilines is 1. The van der Waals surface area contributed by atoms with Gasteiger partial charge in [-0.25, -0.2) is 8.42 Å². The van der Waals surface area contributed by atoms with Gasteiger partial charge in [0, 0.05) is 0 Å². The van der Waals surface area contributed by atoms with Gasteiger partial charge in [0.1, 0.15) is 0 Å². The van der Waals surface area contributed by atoms with E-state index >= 15 is 0 Å². The van der Waals surface area contributed by atoms with Crippen LogP contribution in [0.5, 0.6) is 0 Å². The Bertz CT molecular complexity index is 770. The fourth-order valence-corrected chi connectivity index (χ4v) is 3.32. The van der Waals surface area contributed by atoms with Crippen molar-refractivity contribution in [3.63, 3.8) is 0 Å². The van der Waals surface area contributed by atoms with Crippen molar-refractivity contribution < 1.29 is 8.42 Å². The van der Waals surface area contributed by atoms with E-state index in [1.165, 1.54) is 0 Å². The van der Waals surface area contributed by atoms with Crippen LogP contribution in [0.3, 0.4) is 0 Å². The molecule has 0 fully saturated rings. The van der Waals surface area contributed by atoms with Crippen LogP contribution in [0.4, 0.5) is 5.69 Å². The van der Waals surface area contributed by atoms with E-state index in [-0.39, 0.29) is 10.3 Å². The van der Waals surface area contributed by atoms with Crippen LogP contribution in [-0.2, 0) is 15.4 Å². The molecule has 3 nitrogen and oxygen atoms in total. The molecule has 0 spiro atoms. The highest BCUT2D eigenvalue weighted by atomic mass is 32.2. The van der Waals surface area contributed by atoms with E-state index in [4.69, 9.17) is 0 Å². The lowest BCUT2D eigenvalue weighted by Crippen LogP contribution is -2.15. The lowest BCUT2D eigenvalue weighted by atomic mass is 9.87. The molecule has 0 aromatic heterocycles. The van der Waals surface area contributed by atoms with E-state index in [0.717, 1.165) is 16.7 Å². The first-order valence-corrected chi connectivity index (χ1v) is 8.79. The lowest BCUT2D eigenvalue weighted by molar-refractivity contribution is 0.587. The molecular weight excluding hydrogens is 294 g/mol. The lowest BCUT2D eigenvalue weighted by Gasteiger charge is -2.19. The van der Waals surface area contributed by atoms with Crippen molar-refractivity contribution in [1.82, 2.24) is 0 Å².